The molecule has 0 unspecified atom stereocenters. The molecule has 0 fully saturated rings. The Morgan fingerprint density at radius 2 is 1.67 bits per heavy atom. The predicted octanol–water partition coefficient (Wildman–Crippen LogP) is 3.26. The number of aliphatic hydroxyl groups is 1. The summed E-state index contributed by atoms with van der Waals surface area (Å²) < 4.78 is 0. The van der Waals surface area contributed by atoms with Crippen molar-refractivity contribution in [3.05, 3.63) is 59.7 Å². The molecule has 18 heavy (non-hydrogen) atoms. The fourth-order valence-electron chi connectivity index (χ4n) is 2.69. The van der Waals surface area contributed by atoms with Gasteiger partial charge in [-0.25, -0.2) is 0 Å². The highest BCUT2D eigenvalue weighted by Crippen LogP contribution is 2.34. The average molecular weight is 239 g/mol. The van der Waals surface area contributed by atoms with Crippen molar-refractivity contribution in [1.29, 1.82) is 0 Å². The number of hydrogen-bond acceptors (Lipinski definition) is 2. The molecule has 0 atom stereocenters. The average Bonchev–Trinajstić information content (AvgIpc) is 2.46. The minimum Gasteiger partial charge on any atom is -0.392 e. The Bertz CT molecular complexity index is 550. The van der Waals surface area contributed by atoms with Gasteiger partial charge < -0.3 is 10.0 Å². The van der Waals surface area contributed by atoms with Crippen LogP contribution in [0.3, 0.4) is 0 Å². The largest absolute Gasteiger partial charge is 0.392 e. The first kappa shape index (κ1) is 11.3. The molecule has 0 bridgehead atoms. The van der Waals surface area contributed by atoms with Gasteiger partial charge in [0.25, 0.3) is 0 Å². The highest BCUT2D eigenvalue weighted by atomic mass is 16.3. The maximum Gasteiger partial charge on any atom is 0.0702 e. The van der Waals surface area contributed by atoms with E-state index >= 15 is 0 Å². The van der Waals surface area contributed by atoms with E-state index in [0.717, 1.165) is 30.6 Å². The van der Waals surface area contributed by atoms with Crippen LogP contribution < -0.4 is 4.90 Å². The number of benzene rings is 2. The number of aryl methyl sites for hydroxylation is 1. The van der Waals surface area contributed by atoms with Crippen LogP contribution in [0.1, 0.15) is 17.5 Å². The molecule has 1 aliphatic heterocycles. The molecule has 0 radical (unpaired) electrons. The molecule has 0 spiro atoms. The van der Waals surface area contributed by atoms with Gasteiger partial charge in [-0.15, -0.1) is 0 Å². The van der Waals surface area contributed by atoms with Crippen LogP contribution in [0.15, 0.2) is 48.5 Å². The van der Waals surface area contributed by atoms with Crippen LogP contribution in [0.2, 0.25) is 0 Å². The SMILES string of the molecule is OCc1ccccc1N1CCCc2ccccc21. The Labute approximate surface area is 107 Å². The molecule has 0 saturated heterocycles. The van der Waals surface area contributed by atoms with Crippen molar-refractivity contribution in [2.75, 3.05) is 11.4 Å². The molecular weight excluding hydrogens is 222 g/mol. The van der Waals surface area contributed by atoms with Crippen molar-refractivity contribution in [2.24, 2.45) is 0 Å². The monoisotopic (exact) mass is 239 g/mol. The molecule has 0 amide bonds. The first-order chi connectivity index (χ1) is 8.90. The van der Waals surface area contributed by atoms with Crippen molar-refractivity contribution in [2.45, 2.75) is 19.4 Å². The molecule has 2 aromatic carbocycles. The third-order valence-electron chi connectivity index (χ3n) is 3.56. The summed E-state index contributed by atoms with van der Waals surface area (Å²) in [6, 6.07) is 16.6. The van der Waals surface area contributed by atoms with Gasteiger partial charge in [0.1, 0.15) is 0 Å². The summed E-state index contributed by atoms with van der Waals surface area (Å²) in [4.78, 5) is 2.32. The number of para-hydroxylation sites is 2. The highest BCUT2D eigenvalue weighted by molar-refractivity contribution is 5.70. The molecule has 92 valence electrons. The summed E-state index contributed by atoms with van der Waals surface area (Å²) in [5, 5.41) is 9.47. The van der Waals surface area contributed by atoms with Crippen molar-refractivity contribution in [3.8, 4) is 0 Å². The standard InChI is InChI=1S/C16H17NO/c18-12-14-7-2-4-10-16(14)17-11-5-8-13-6-1-3-9-15(13)17/h1-4,6-7,9-10,18H,5,8,11-12H2. The Morgan fingerprint density at radius 3 is 2.50 bits per heavy atom. The lowest BCUT2D eigenvalue weighted by molar-refractivity contribution is 0.282. The smallest absolute Gasteiger partial charge is 0.0702 e. The Morgan fingerprint density at radius 1 is 0.944 bits per heavy atom. The zero-order chi connectivity index (χ0) is 12.4. The lowest BCUT2D eigenvalue weighted by Crippen LogP contribution is -2.25. The minimum atomic E-state index is 0.0921. The van der Waals surface area contributed by atoms with E-state index in [1.165, 1.54) is 11.3 Å². The van der Waals surface area contributed by atoms with E-state index in [4.69, 9.17) is 0 Å². The van der Waals surface area contributed by atoms with E-state index in [0.29, 0.717) is 0 Å². The zero-order valence-corrected chi connectivity index (χ0v) is 10.3. The van der Waals surface area contributed by atoms with Gasteiger partial charge in [-0.3, -0.25) is 0 Å². The molecule has 0 saturated carbocycles. The molecular formula is C16H17NO. The van der Waals surface area contributed by atoms with Gasteiger partial charge in [-0.05, 0) is 30.5 Å². The van der Waals surface area contributed by atoms with Gasteiger partial charge in [-0.1, -0.05) is 36.4 Å². The van der Waals surface area contributed by atoms with Crippen LogP contribution in [0.25, 0.3) is 0 Å². The highest BCUT2D eigenvalue weighted by Gasteiger charge is 2.19. The van der Waals surface area contributed by atoms with Gasteiger partial charge in [0.2, 0.25) is 0 Å². The van der Waals surface area contributed by atoms with Crippen LogP contribution in [0.5, 0.6) is 0 Å². The molecule has 0 aromatic heterocycles. The molecule has 2 nitrogen and oxygen atoms in total. The quantitative estimate of drug-likeness (QED) is 0.869. The van der Waals surface area contributed by atoms with E-state index < -0.39 is 0 Å². The molecule has 3 rings (SSSR count). The van der Waals surface area contributed by atoms with E-state index in [9.17, 15) is 5.11 Å². The van der Waals surface area contributed by atoms with Crippen molar-refractivity contribution < 1.29 is 5.11 Å². The van der Waals surface area contributed by atoms with Crippen LogP contribution in [-0.4, -0.2) is 11.7 Å². The summed E-state index contributed by atoms with van der Waals surface area (Å²) in [6.07, 6.45) is 2.31. The number of anilines is 2. The summed E-state index contributed by atoms with van der Waals surface area (Å²) in [5.41, 5.74) is 4.81. The van der Waals surface area contributed by atoms with Gasteiger partial charge >= 0.3 is 0 Å². The first-order valence-electron chi connectivity index (χ1n) is 6.44. The first-order valence-corrected chi connectivity index (χ1v) is 6.44. The summed E-state index contributed by atoms with van der Waals surface area (Å²) in [7, 11) is 0. The van der Waals surface area contributed by atoms with Gasteiger partial charge in [0.15, 0.2) is 0 Å². The molecule has 2 heteroatoms. The molecule has 1 aliphatic rings. The van der Waals surface area contributed by atoms with Crippen molar-refractivity contribution in [3.63, 3.8) is 0 Å². The van der Waals surface area contributed by atoms with E-state index in [-0.39, 0.29) is 6.61 Å². The van der Waals surface area contributed by atoms with Gasteiger partial charge in [0, 0.05) is 23.5 Å². The predicted molar refractivity (Wildman–Crippen MR) is 74.1 cm³/mol. The third kappa shape index (κ3) is 1.89. The normalized spacial score (nSPS) is 14.4. The maximum atomic E-state index is 9.47. The number of rotatable bonds is 2. The second kappa shape index (κ2) is 4.83. The zero-order valence-electron chi connectivity index (χ0n) is 10.3. The number of aliphatic hydroxyl groups excluding tert-OH is 1. The number of hydrogen-bond donors (Lipinski definition) is 1. The Kier molecular flexibility index (Phi) is 3.03. The topological polar surface area (TPSA) is 23.5 Å². The van der Waals surface area contributed by atoms with E-state index in [2.05, 4.69) is 35.2 Å². The number of nitrogens with zero attached hydrogens (tertiary/aromatic N) is 1. The summed E-state index contributed by atoms with van der Waals surface area (Å²) in [6.45, 7) is 1.11. The van der Waals surface area contributed by atoms with Gasteiger partial charge in [-0.2, -0.15) is 0 Å². The summed E-state index contributed by atoms with van der Waals surface area (Å²) >= 11 is 0. The van der Waals surface area contributed by atoms with Crippen LogP contribution >= 0.6 is 0 Å². The molecule has 2 aromatic rings. The lowest BCUT2D eigenvalue weighted by atomic mass is 10.00. The Hall–Kier alpha value is -1.80. The molecule has 1 N–H and O–H groups in total. The Balaban J connectivity index is 2.08. The van der Waals surface area contributed by atoms with E-state index in [1.54, 1.807) is 0 Å². The van der Waals surface area contributed by atoms with Crippen molar-refractivity contribution in [1.82, 2.24) is 0 Å². The summed E-state index contributed by atoms with van der Waals surface area (Å²) in [5.74, 6) is 0. The maximum absolute atomic E-state index is 9.47. The van der Waals surface area contributed by atoms with Crippen molar-refractivity contribution >= 4 is 11.4 Å². The minimum absolute atomic E-state index is 0.0921. The second-order valence-electron chi connectivity index (χ2n) is 4.67. The van der Waals surface area contributed by atoms with Crippen LogP contribution in [-0.2, 0) is 13.0 Å². The van der Waals surface area contributed by atoms with Gasteiger partial charge in [0.05, 0.1) is 6.61 Å². The fourth-order valence-corrected chi connectivity index (χ4v) is 2.69. The van der Waals surface area contributed by atoms with Crippen LogP contribution in [0, 0.1) is 0 Å². The third-order valence-corrected chi connectivity index (χ3v) is 3.56. The lowest BCUT2D eigenvalue weighted by Gasteiger charge is -2.32. The fraction of sp³-hybridized carbons (Fsp3) is 0.250. The second-order valence-corrected chi connectivity index (χ2v) is 4.67. The van der Waals surface area contributed by atoms with E-state index in [1.807, 2.05) is 18.2 Å². The molecule has 0 aliphatic carbocycles. The number of fused-ring (bicyclic) bond motifs is 1. The molecule has 1 heterocycles. The van der Waals surface area contributed by atoms with Crippen LogP contribution in [0.4, 0.5) is 11.4 Å².